The highest BCUT2D eigenvalue weighted by Crippen LogP contribution is 2.37. The number of furan rings is 1. The zero-order valence-electron chi connectivity index (χ0n) is 16.3. The Kier molecular flexibility index (Phi) is 5.74. The normalized spacial score (nSPS) is 10.9. The molecule has 1 N–H and O–H groups in total. The predicted molar refractivity (Wildman–Crippen MR) is 122 cm³/mol. The number of rotatable bonds is 5. The van der Waals surface area contributed by atoms with Crippen LogP contribution in [0.15, 0.2) is 62.8 Å². The molecule has 2 heterocycles. The number of nitrogens with one attached hydrogen (secondary N) is 1. The van der Waals surface area contributed by atoms with Crippen molar-refractivity contribution in [3.05, 3.63) is 75.3 Å². The fourth-order valence-electron chi connectivity index (χ4n) is 3.18. The fourth-order valence-corrected chi connectivity index (χ4v) is 4.51. The fraction of sp³-hybridized carbons (Fsp3) is 0.130. The Morgan fingerprint density at radius 3 is 2.60 bits per heavy atom. The minimum Gasteiger partial charge on any atom is -0.465 e. The third-order valence-electron chi connectivity index (χ3n) is 4.78. The van der Waals surface area contributed by atoms with Crippen LogP contribution in [0, 0.1) is 0 Å². The molecule has 152 valence electrons. The maximum atomic E-state index is 12.8. The van der Waals surface area contributed by atoms with E-state index in [2.05, 4.69) is 28.2 Å². The average molecular weight is 484 g/mol. The zero-order valence-corrected chi connectivity index (χ0v) is 18.7. The van der Waals surface area contributed by atoms with E-state index >= 15 is 0 Å². The molecular formula is C23H18BrNO4S. The van der Waals surface area contributed by atoms with Crippen molar-refractivity contribution in [2.24, 2.45) is 0 Å². The molecule has 0 fully saturated rings. The van der Waals surface area contributed by atoms with Crippen LogP contribution in [0.3, 0.4) is 0 Å². The molecule has 0 saturated carbocycles. The molecule has 0 bridgehead atoms. The molecule has 0 spiro atoms. The Balaban J connectivity index is 1.68. The molecule has 7 heteroatoms. The molecule has 1 amide bonds. The number of carbonyl (C=O) groups excluding carboxylic acids is 2. The van der Waals surface area contributed by atoms with Gasteiger partial charge in [0.1, 0.15) is 16.1 Å². The van der Waals surface area contributed by atoms with Gasteiger partial charge in [-0.15, -0.1) is 11.3 Å². The molecule has 0 atom stereocenters. The zero-order chi connectivity index (χ0) is 21.3. The van der Waals surface area contributed by atoms with E-state index in [-0.39, 0.29) is 5.76 Å². The smallest absolute Gasteiger partial charge is 0.341 e. The Bertz CT molecular complexity index is 1240. The maximum Gasteiger partial charge on any atom is 0.341 e. The quantitative estimate of drug-likeness (QED) is 0.327. The second kappa shape index (κ2) is 8.45. The monoisotopic (exact) mass is 483 g/mol. The van der Waals surface area contributed by atoms with Gasteiger partial charge in [-0.05, 0) is 41.8 Å². The van der Waals surface area contributed by atoms with Gasteiger partial charge < -0.3 is 14.5 Å². The number of carbonyl (C=O) groups is 2. The van der Waals surface area contributed by atoms with Crippen molar-refractivity contribution in [2.45, 2.75) is 13.3 Å². The van der Waals surface area contributed by atoms with E-state index in [0.29, 0.717) is 16.1 Å². The van der Waals surface area contributed by atoms with Gasteiger partial charge in [0.25, 0.3) is 5.91 Å². The van der Waals surface area contributed by atoms with Gasteiger partial charge in [-0.25, -0.2) is 4.79 Å². The van der Waals surface area contributed by atoms with Crippen molar-refractivity contribution >= 4 is 55.1 Å². The third kappa shape index (κ3) is 3.91. The number of benzene rings is 2. The molecule has 5 nitrogen and oxygen atoms in total. The number of anilines is 1. The van der Waals surface area contributed by atoms with E-state index in [4.69, 9.17) is 9.15 Å². The Hall–Kier alpha value is -2.90. The molecule has 0 aliphatic rings. The number of methoxy groups -OCH3 is 1. The van der Waals surface area contributed by atoms with Crippen LogP contribution in [-0.4, -0.2) is 19.0 Å². The standard InChI is InChI=1S/C23H18BrNO4S/c1-3-13-4-6-14(7-5-13)17-12-30-22(20(17)23(27)28-2)25-21(26)19-11-15-10-16(24)8-9-18(15)29-19/h4-12H,3H2,1-2H3,(H,25,26). The molecule has 2 aromatic carbocycles. The molecule has 0 unspecified atom stereocenters. The minimum absolute atomic E-state index is 0.168. The minimum atomic E-state index is -0.505. The van der Waals surface area contributed by atoms with Gasteiger partial charge in [-0.2, -0.15) is 0 Å². The summed E-state index contributed by atoms with van der Waals surface area (Å²) in [5.74, 6) is -0.766. The maximum absolute atomic E-state index is 12.8. The van der Waals surface area contributed by atoms with E-state index in [0.717, 1.165) is 27.4 Å². The highest BCUT2D eigenvalue weighted by atomic mass is 79.9. The molecule has 0 aliphatic carbocycles. The van der Waals surface area contributed by atoms with Crippen molar-refractivity contribution in [3.63, 3.8) is 0 Å². The number of ether oxygens (including phenoxy) is 1. The number of fused-ring (bicyclic) bond motifs is 1. The highest BCUT2D eigenvalue weighted by Gasteiger charge is 2.23. The van der Waals surface area contributed by atoms with Gasteiger partial charge in [0.15, 0.2) is 5.76 Å². The summed E-state index contributed by atoms with van der Waals surface area (Å²) >= 11 is 4.68. The number of halogens is 1. The first-order valence-corrected chi connectivity index (χ1v) is 11.0. The van der Waals surface area contributed by atoms with E-state index in [9.17, 15) is 9.59 Å². The lowest BCUT2D eigenvalue weighted by Crippen LogP contribution is -2.13. The van der Waals surface area contributed by atoms with Crippen molar-refractivity contribution in [2.75, 3.05) is 12.4 Å². The number of aryl methyl sites for hydroxylation is 1. The van der Waals surface area contributed by atoms with Crippen LogP contribution in [0.5, 0.6) is 0 Å². The van der Waals surface area contributed by atoms with Crippen LogP contribution >= 0.6 is 27.3 Å². The number of hydrogen-bond acceptors (Lipinski definition) is 5. The summed E-state index contributed by atoms with van der Waals surface area (Å²) in [6, 6.07) is 15.2. The second-order valence-corrected chi connectivity index (χ2v) is 8.44. The van der Waals surface area contributed by atoms with E-state index in [1.807, 2.05) is 41.8 Å². The van der Waals surface area contributed by atoms with Gasteiger partial charge in [0.05, 0.1) is 7.11 Å². The van der Waals surface area contributed by atoms with Gasteiger partial charge in [0, 0.05) is 20.8 Å². The Morgan fingerprint density at radius 1 is 1.13 bits per heavy atom. The molecule has 30 heavy (non-hydrogen) atoms. The summed E-state index contributed by atoms with van der Waals surface area (Å²) < 4.78 is 11.5. The summed E-state index contributed by atoms with van der Waals surface area (Å²) in [7, 11) is 1.33. The first kappa shape index (κ1) is 20.4. The third-order valence-corrected chi connectivity index (χ3v) is 6.17. The Morgan fingerprint density at radius 2 is 1.90 bits per heavy atom. The summed E-state index contributed by atoms with van der Waals surface area (Å²) in [5, 5.41) is 5.88. The molecule has 4 rings (SSSR count). The van der Waals surface area contributed by atoms with E-state index < -0.39 is 11.9 Å². The van der Waals surface area contributed by atoms with Gasteiger partial charge in [-0.1, -0.05) is 47.1 Å². The van der Waals surface area contributed by atoms with Crippen LogP contribution in [-0.2, 0) is 11.2 Å². The number of amides is 1. The van der Waals surface area contributed by atoms with Gasteiger partial charge in [0.2, 0.25) is 0 Å². The number of esters is 1. The predicted octanol–water partition coefficient (Wildman–Crippen LogP) is 6.53. The molecule has 0 aliphatic heterocycles. The Labute approximate surface area is 185 Å². The number of thiophene rings is 1. The topological polar surface area (TPSA) is 68.5 Å². The lowest BCUT2D eigenvalue weighted by molar-refractivity contribution is 0.0603. The number of hydrogen-bond donors (Lipinski definition) is 1. The molecule has 0 radical (unpaired) electrons. The van der Waals surface area contributed by atoms with Gasteiger partial charge in [-0.3, -0.25) is 4.79 Å². The average Bonchev–Trinajstić information content (AvgIpc) is 3.37. The van der Waals surface area contributed by atoms with Crippen molar-refractivity contribution in [1.29, 1.82) is 0 Å². The van der Waals surface area contributed by atoms with Crippen LogP contribution < -0.4 is 5.32 Å². The van der Waals surface area contributed by atoms with Crippen LogP contribution in [0.25, 0.3) is 22.1 Å². The van der Waals surface area contributed by atoms with Crippen LogP contribution in [0.4, 0.5) is 5.00 Å². The van der Waals surface area contributed by atoms with E-state index in [1.165, 1.54) is 24.0 Å². The lowest BCUT2D eigenvalue weighted by atomic mass is 10.0. The largest absolute Gasteiger partial charge is 0.465 e. The van der Waals surface area contributed by atoms with Crippen molar-refractivity contribution in [1.82, 2.24) is 0 Å². The lowest BCUT2D eigenvalue weighted by Gasteiger charge is -2.07. The highest BCUT2D eigenvalue weighted by molar-refractivity contribution is 9.10. The summed E-state index contributed by atoms with van der Waals surface area (Å²) in [4.78, 5) is 25.3. The van der Waals surface area contributed by atoms with E-state index in [1.54, 1.807) is 12.1 Å². The van der Waals surface area contributed by atoms with Crippen LogP contribution in [0.1, 0.15) is 33.4 Å². The molecular weight excluding hydrogens is 466 g/mol. The SMILES string of the molecule is CCc1ccc(-c2csc(NC(=O)c3cc4cc(Br)ccc4o3)c2C(=O)OC)cc1. The molecule has 4 aromatic rings. The van der Waals surface area contributed by atoms with Gasteiger partial charge >= 0.3 is 5.97 Å². The summed E-state index contributed by atoms with van der Waals surface area (Å²) in [6.07, 6.45) is 0.934. The molecule has 2 aromatic heterocycles. The second-order valence-electron chi connectivity index (χ2n) is 6.64. The first-order valence-electron chi connectivity index (χ1n) is 9.29. The summed E-state index contributed by atoms with van der Waals surface area (Å²) in [6.45, 7) is 2.09. The first-order chi connectivity index (χ1) is 14.5. The van der Waals surface area contributed by atoms with Crippen molar-refractivity contribution < 1.29 is 18.7 Å². The molecule has 0 saturated heterocycles. The summed E-state index contributed by atoms with van der Waals surface area (Å²) in [5.41, 5.74) is 3.76. The van der Waals surface area contributed by atoms with Crippen LogP contribution in [0.2, 0.25) is 0 Å². The van der Waals surface area contributed by atoms with Crippen molar-refractivity contribution in [3.8, 4) is 11.1 Å².